The Balaban J connectivity index is 2.39. The van der Waals surface area contributed by atoms with Crippen molar-refractivity contribution in [2.75, 3.05) is 6.61 Å². The van der Waals surface area contributed by atoms with Crippen LogP contribution in [0.3, 0.4) is 0 Å². The smallest absolute Gasteiger partial charge is 0.305 e. The molecule has 0 aliphatic heterocycles. The zero-order valence-electron chi connectivity index (χ0n) is 21.8. The Bertz CT molecular complexity index is 878. The van der Waals surface area contributed by atoms with Crippen molar-refractivity contribution < 1.29 is 59.2 Å². The highest BCUT2D eigenvalue weighted by atomic mass is 32.3. The van der Waals surface area contributed by atoms with E-state index in [1.54, 1.807) is 0 Å². The van der Waals surface area contributed by atoms with Gasteiger partial charge in [-0.15, -0.1) is 0 Å². The van der Waals surface area contributed by atoms with Crippen LogP contribution in [-0.4, -0.2) is 84.4 Å². The molecule has 0 aromatic heterocycles. The molecule has 0 aromatic rings. The lowest BCUT2D eigenvalue weighted by Gasteiger charge is -2.44. The molecular weight excluding hydrogens is 548 g/mol. The van der Waals surface area contributed by atoms with Crippen molar-refractivity contribution >= 4 is 26.8 Å². The van der Waals surface area contributed by atoms with E-state index in [0.29, 0.717) is 6.42 Å². The van der Waals surface area contributed by atoms with Gasteiger partial charge in [-0.05, 0) is 6.42 Å². The van der Waals surface area contributed by atoms with E-state index in [4.69, 9.17) is 4.74 Å². The Hall–Kier alpha value is -0.910. The van der Waals surface area contributed by atoms with Crippen LogP contribution in [0, 0.1) is 5.92 Å². The maximum Gasteiger partial charge on any atom is 0.305 e. The highest BCUT2D eigenvalue weighted by Gasteiger charge is 2.53. The summed E-state index contributed by atoms with van der Waals surface area (Å²) in [5.74, 6) is -2.24. The molecule has 13 nitrogen and oxygen atoms in total. The van der Waals surface area contributed by atoms with E-state index in [0.717, 1.165) is 25.7 Å². The highest BCUT2D eigenvalue weighted by Crippen LogP contribution is 2.32. The average molecular weight is 591 g/mol. The van der Waals surface area contributed by atoms with Gasteiger partial charge in [0.15, 0.2) is 0 Å². The SMILES string of the molecule is CCCCCCCCCCCCCCCC(=O)OC[C@H]1[C@H](O)[C@H](O)[C@@H](OS(=O)(=O)[O-])[C@H](OS(=O)(=O)[O-])[C@H]1O. The molecular formula is C23H42O13S2-2. The number of rotatable bonds is 20. The zero-order valence-corrected chi connectivity index (χ0v) is 23.4. The van der Waals surface area contributed by atoms with Crippen LogP contribution in [0.2, 0.25) is 0 Å². The van der Waals surface area contributed by atoms with Gasteiger partial charge in [0.25, 0.3) is 0 Å². The Morgan fingerprint density at radius 1 is 0.658 bits per heavy atom. The van der Waals surface area contributed by atoms with Crippen molar-refractivity contribution in [1.29, 1.82) is 0 Å². The van der Waals surface area contributed by atoms with Crippen molar-refractivity contribution in [2.45, 2.75) is 127 Å². The number of aliphatic hydroxyl groups excluding tert-OH is 3. The summed E-state index contributed by atoms with van der Waals surface area (Å²) in [5, 5.41) is 30.8. The fraction of sp³-hybridized carbons (Fsp3) is 0.957. The predicted octanol–water partition coefficient (Wildman–Crippen LogP) is 1.41. The molecule has 0 amide bonds. The second-order valence-corrected chi connectivity index (χ2v) is 11.8. The molecule has 0 radical (unpaired) electrons. The molecule has 1 fully saturated rings. The molecule has 0 unspecified atom stereocenters. The van der Waals surface area contributed by atoms with E-state index < -0.39 is 69.8 Å². The fourth-order valence-corrected chi connectivity index (χ4v) is 5.51. The van der Waals surface area contributed by atoms with Crippen molar-refractivity contribution in [3.05, 3.63) is 0 Å². The van der Waals surface area contributed by atoms with E-state index in [9.17, 15) is 46.1 Å². The third-order valence-corrected chi connectivity index (χ3v) is 7.52. The van der Waals surface area contributed by atoms with Gasteiger partial charge >= 0.3 is 5.97 Å². The van der Waals surface area contributed by atoms with Gasteiger partial charge in [0.1, 0.15) is 18.3 Å². The molecule has 15 heteroatoms. The number of aliphatic hydroxyl groups is 3. The second-order valence-electron chi connectivity index (χ2n) is 9.75. The first-order chi connectivity index (χ1) is 17.8. The van der Waals surface area contributed by atoms with Gasteiger partial charge in [0, 0.05) is 6.42 Å². The number of unbranched alkanes of at least 4 members (excludes halogenated alkanes) is 12. The first-order valence-corrected chi connectivity index (χ1v) is 15.9. The molecule has 1 saturated carbocycles. The monoisotopic (exact) mass is 590 g/mol. The summed E-state index contributed by atoms with van der Waals surface area (Å²) in [7, 11) is -11.1. The fourth-order valence-electron chi connectivity index (χ4n) is 4.52. The van der Waals surface area contributed by atoms with Gasteiger partial charge < -0.3 is 29.2 Å². The number of hydrogen-bond donors (Lipinski definition) is 3. The van der Waals surface area contributed by atoms with E-state index in [-0.39, 0.29) is 6.42 Å². The van der Waals surface area contributed by atoms with E-state index in [1.807, 2.05) is 0 Å². The molecule has 0 spiro atoms. The lowest BCUT2D eigenvalue weighted by Crippen LogP contribution is -2.64. The van der Waals surface area contributed by atoms with Crippen molar-refractivity contribution in [3.8, 4) is 0 Å². The van der Waals surface area contributed by atoms with Crippen LogP contribution in [0.5, 0.6) is 0 Å². The molecule has 0 bridgehead atoms. The van der Waals surface area contributed by atoms with Crippen molar-refractivity contribution in [1.82, 2.24) is 0 Å². The van der Waals surface area contributed by atoms with E-state index >= 15 is 0 Å². The van der Waals surface area contributed by atoms with E-state index in [2.05, 4.69) is 15.3 Å². The topological polar surface area (TPSA) is 220 Å². The minimum Gasteiger partial charge on any atom is -0.726 e. The molecule has 0 heterocycles. The number of esters is 1. The third kappa shape index (κ3) is 14.5. The summed E-state index contributed by atoms with van der Waals surface area (Å²) in [6, 6.07) is 0. The molecule has 0 saturated heterocycles. The van der Waals surface area contributed by atoms with Gasteiger partial charge in [-0.25, -0.2) is 16.8 Å². The van der Waals surface area contributed by atoms with Crippen molar-refractivity contribution in [2.24, 2.45) is 5.92 Å². The van der Waals surface area contributed by atoms with Crippen LogP contribution in [0.15, 0.2) is 0 Å². The Labute approximate surface area is 225 Å². The highest BCUT2D eigenvalue weighted by molar-refractivity contribution is 7.81. The first-order valence-electron chi connectivity index (χ1n) is 13.2. The Morgan fingerprint density at radius 2 is 1.05 bits per heavy atom. The number of ether oxygens (including phenoxy) is 1. The van der Waals surface area contributed by atoms with Gasteiger partial charge in [-0.2, -0.15) is 0 Å². The number of hydrogen-bond acceptors (Lipinski definition) is 13. The first kappa shape index (κ1) is 35.1. The average Bonchev–Trinajstić information content (AvgIpc) is 2.81. The van der Waals surface area contributed by atoms with Crippen LogP contribution in [0.1, 0.15) is 96.8 Å². The van der Waals surface area contributed by atoms with Crippen LogP contribution in [0.4, 0.5) is 0 Å². The van der Waals surface area contributed by atoms with Crippen LogP contribution in [0.25, 0.3) is 0 Å². The van der Waals surface area contributed by atoms with E-state index in [1.165, 1.54) is 51.4 Å². The second kappa shape index (κ2) is 17.7. The molecule has 0 aromatic carbocycles. The molecule has 6 atom stereocenters. The largest absolute Gasteiger partial charge is 0.726 e. The summed E-state index contributed by atoms with van der Waals surface area (Å²) in [6.07, 6.45) is 3.55. The van der Waals surface area contributed by atoms with Crippen molar-refractivity contribution in [3.63, 3.8) is 0 Å². The molecule has 1 aliphatic rings. The van der Waals surface area contributed by atoms with Gasteiger partial charge in [-0.1, -0.05) is 84.0 Å². The van der Waals surface area contributed by atoms with Crippen LogP contribution in [-0.2, 0) is 38.7 Å². The third-order valence-electron chi connectivity index (χ3n) is 6.60. The zero-order chi connectivity index (χ0) is 28.8. The van der Waals surface area contributed by atoms with Gasteiger partial charge in [-0.3, -0.25) is 13.2 Å². The summed E-state index contributed by atoms with van der Waals surface area (Å²) in [6.45, 7) is 1.50. The molecule has 1 rings (SSSR count). The van der Waals surface area contributed by atoms with Crippen LogP contribution >= 0.6 is 0 Å². The Morgan fingerprint density at radius 3 is 1.47 bits per heavy atom. The minimum absolute atomic E-state index is 0.0499. The standard InChI is InChI=1S/C23H44O13S2/c1-2-3-4-5-6-7-8-9-10-11-12-13-14-15-18(24)34-16-17-19(25)21(27)23(36-38(31,32)33)22(20(17)26)35-37(28,29)30/h17,19-23,25-27H,2-16H2,1H3,(H,28,29,30)(H,31,32,33)/p-2/t17-,19-,20-,21-,22+,23+/m0/s1. The molecule has 38 heavy (non-hydrogen) atoms. The molecule has 3 N–H and O–H groups in total. The summed E-state index contributed by atoms with van der Waals surface area (Å²) in [5.41, 5.74) is 0. The van der Waals surface area contributed by atoms with Gasteiger partial charge in [0.05, 0.1) is 24.7 Å². The van der Waals surface area contributed by atoms with Crippen LogP contribution < -0.4 is 0 Å². The lowest BCUT2D eigenvalue weighted by molar-refractivity contribution is -0.201. The molecule has 1 aliphatic carbocycles. The minimum atomic E-state index is -5.56. The lowest BCUT2D eigenvalue weighted by atomic mass is 9.79. The number of carbonyl (C=O) groups is 1. The molecule has 226 valence electrons. The number of carbonyl (C=O) groups excluding carboxylic acids is 1. The predicted molar refractivity (Wildman–Crippen MR) is 132 cm³/mol. The quantitative estimate of drug-likeness (QED) is 0.0791. The summed E-state index contributed by atoms with van der Waals surface area (Å²) < 4.78 is 78.9. The van der Waals surface area contributed by atoms with Gasteiger partial charge in [0.2, 0.25) is 20.8 Å². The Kier molecular flexibility index (Phi) is 16.4. The normalized spacial score (nSPS) is 26.4. The summed E-state index contributed by atoms with van der Waals surface area (Å²) in [4.78, 5) is 12.1. The maximum absolute atomic E-state index is 12.1. The summed E-state index contributed by atoms with van der Waals surface area (Å²) >= 11 is 0. The maximum atomic E-state index is 12.1.